The minimum absolute atomic E-state index is 0.166. The first-order chi connectivity index (χ1) is 7.43. The summed E-state index contributed by atoms with van der Waals surface area (Å²) in [5, 5.41) is 8.74. The highest BCUT2D eigenvalue weighted by Crippen LogP contribution is 2.04. The van der Waals surface area contributed by atoms with Gasteiger partial charge >= 0.3 is 5.97 Å². The summed E-state index contributed by atoms with van der Waals surface area (Å²) in [5.74, 6) is -1.60. The van der Waals surface area contributed by atoms with Gasteiger partial charge in [0.25, 0.3) is 5.91 Å². The molecular formula is C10H12N2O4. The Morgan fingerprint density at radius 3 is 2.62 bits per heavy atom. The molecule has 1 amide bonds. The molecule has 0 aliphatic carbocycles. The topological polar surface area (TPSA) is 90.5 Å². The summed E-state index contributed by atoms with van der Waals surface area (Å²) < 4.78 is 0. The van der Waals surface area contributed by atoms with E-state index < -0.39 is 23.5 Å². The van der Waals surface area contributed by atoms with Gasteiger partial charge < -0.3 is 15.0 Å². The summed E-state index contributed by atoms with van der Waals surface area (Å²) in [5.41, 5.74) is -0.235. The van der Waals surface area contributed by atoms with E-state index in [2.05, 4.69) is 4.98 Å². The maximum atomic E-state index is 11.8. The van der Waals surface area contributed by atoms with E-state index in [1.807, 2.05) is 0 Å². The van der Waals surface area contributed by atoms with Crippen LogP contribution in [0.5, 0.6) is 0 Å². The van der Waals surface area contributed by atoms with Gasteiger partial charge in [0.2, 0.25) is 5.56 Å². The van der Waals surface area contributed by atoms with Gasteiger partial charge in [-0.15, -0.1) is 0 Å². The third-order valence-corrected chi connectivity index (χ3v) is 2.28. The van der Waals surface area contributed by atoms with Crippen molar-refractivity contribution in [3.05, 3.63) is 34.2 Å². The van der Waals surface area contributed by atoms with E-state index in [0.29, 0.717) is 0 Å². The van der Waals surface area contributed by atoms with Crippen molar-refractivity contribution >= 4 is 11.9 Å². The number of carboxylic acids is 1. The van der Waals surface area contributed by atoms with Gasteiger partial charge in [-0.1, -0.05) is 0 Å². The summed E-state index contributed by atoms with van der Waals surface area (Å²) in [6.45, 7) is 1.40. The second-order valence-electron chi connectivity index (χ2n) is 3.37. The summed E-state index contributed by atoms with van der Waals surface area (Å²) in [7, 11) is 1.38. The standard InChI is InChI=1S/C10H12N2O4/c1-6(10(15)16)12(2)9(14)7-3-4-11-8(13)5-7/h3-6H,1-2H3,(H,11,13)(H,15,16). The van der Waals surface area contributed by atoms with Crippen LogP contribution in [0.2, 0.25) is 0 Å². The van der Waals surface area contributed by atoms with Crippen LogP contribution in [0, 0.1) is 0 Å². The molecule has 1 aromatic heterocycles. The normalized spacial score (nSPS) is 11.9. The van der Waals surface area contributed by atoms with Crippen LogP contribution in [-0.4, -0.2) is 40.0 Å². The number of pyridine rings is 1. The second-order valence-corrected chi connectivity index (χ2v) is 3.37. The quantitative estimate of drug-likeness (QED) is 0.751. The minimum Gasteiger partial charge on any atom is -0.480 e. The van der Waals surface area contributed by atoms with E-state index in [-0.39, 0.29) is 5.56 Å². The van der Waals surface area contributed by atoms with E-state index in [1.165, 1.54) is 26.2 Å². The molecule has 0 aliphatic heterocycles. The molecule has 1 unspecified atom stereocenters. The van der Waals surface area contributed by atoms with Gasteiger partial charge in [0.15, 0.2) is 0 Å². The van der Waals surface area contributed by atoms with Crippen LogP contribution in [0.1, 0.15) is 17.3 Å². The smallest absolute Gasteiger partial charge is 0.326 e. The van der Waals surface area contributed by atoms with Crippen molar-refractivity contribution < 1.29 is 14.7 Å². The van der Waals surface area contributed by atoms with Gasteiger partial charge in [0.05, 0.1) is 0 Å². The van der Waals surface area contributed by atoms with Crippen molar-refractivity contribution in [3.8, 4) is 0 Å². The third kappa shape index (κ3) is 2.47. The first kappa shape index (κ1) is 12.0. The molecular weight excluding hydrogens is 212 g/mol. The van der Waals surface area contributed by atoms with Gasteiger partial charge in [-0.3, -0.25) is 9.59 Å². The molecule has 6 nitrogen and oxygen atoms in total. The lowest BCUT2D eigenvalue weighted by Crippen LogP contribution is -2.40. The lowest BCUT2D eigenvalue weighted by Gasteiger charge is -2.21. The second kappa shape index (κ2) is 4.61. The van der Waals surface area contributed by atoms with E-state index in [0.717, 1.165) is 11.0 Å². The fourth-order valence-corrected chi connectivity index (χ4v) is 1.12. The van der Waals surface area contributed by atoms with Crippen molar-refractivity contribution in [1.82, 2.24) is 9.88 Å². The summed E-state index contributed by atoms with van der Waals surface area (Å²) in [6, 6.07) is 1.62. The Labute approximate surface area is 91.5 Å². The number of rotatable bonds is 3. The third-order valence-electron chi connectivity index (χ3n) is 2.28. The Morgan fingerprint density at radius 2 is 2.12 bits per heavy atom. The van der Waals surface area contributed by atoms with Crippen LogP contribution in [-0.2, 0) is 4.79 Å². The number of carbonyl (C=O) groups is 2. The fourth-order valence-electron chi connectivity index (χ4n) is 1.12. The molecule has 0 aliphatic rings. The number of H-pyrrole nitrogens is 1. The first-order valence-corrected chi connectivity index (χ1v) is 4.62. The lowest BCUT2D eigenvalue weighted by atomic mass is 10.2. The molecule has 16 heavy (non-hydrogen) atoms. The van der Waals surface area contributed by atoms with E-state index in [9.17, 15) is 14.4 Å². The number of hydrogen-bond donors (Lipinski definition) is 2. The summed E-state index contributed by atoms with van der Waals surface area (Å²) in [4.78, 5) is 36.9. The van der Waals surface area contributed by atoms with E-state index in [1.54, 1.807) is 0 Å². The van der Waals surface area contributed by atoms with Gasteiger partial charge in [0, 0.05) is 24.9 Å². The number of likely N-dealkylation sites (N-methyl/N-ethyl adjacent to an activating group) is 1. The maximum Gasteiger partial charge on any atom is 0.326 e. The van der Waals surface area contributed by atoms with Crippen molar-refractivity contribution in [2.24, 2.45) is 0 Å². The average Bonchev–Trinajstić information content (AvgIpc) is 2.26. The molecule has 0 radical (unpaired) electrons. The number of aliphatic carboxylic acids is 1. The number of amides is 1. The maximum absolute atomic E-state index is 11.8. The molecule has 1 aromatic rings. The number of aromatic nitrogens is 1. The highest BCUT2D eigenvalue weighted by molar-refractivity contribution is 5.96. The van der Waals surface area contributed by atoms with Crippen molar-refractivity contribution in [2.75, 3.05) is 7.05 Å². The van der Waals surface area contributed by atoms with Crippen molar-refractivity contribution in [1.29, 1.82) is 0 Å². The van der Waals surface area contributed by atoms with E-state index in [4.69, 9.17) is 5.11 Å². The lowest BCUT2D eigenvalue weighted by molar-refractivity contribution is -0.141. The van der Waals surface area contributed by atoms with Gasteiger partial charge in [0.1, 0.15) is 6.04 Å². The first-order valence-electron chi connectivity index (χ1n) is 4.62. The molecule has 2 N–H and O–H groups in total. The molecule has 6 heteroatoms. The predicted molar refractivity (Wildman–Crippen MR) is 56.3 cm³/mol. The van der Waals surface area contributed by atoms with Crippen LogP contribution in [0.4, 0.5) is 0 Å². The van der Waals surface area contributed by atoms with Crippen LogP contribution in [0.15, 0.2) is 23.1 Å². The van der Waals surface area contributed by atoms with Crippen molar-refractivity contribution in [3.63, 3.8) is 0 Å². The number of carbonyl (C=O) groups excluding carboxylic acids is 1. The average molecular weight is 224 g/mol. The fraction of sp³-hybridized carbons (Fsp3) is 0.300. The van der Waals surface area contributed by atoms with E-state index >= 15 is 0 Å². The van der Waals surface area contributed by atoms with Crippen molar-refractivity contribution in [2.45, 2.75) is 13.0 Å². The Bertz CT molecular complexity index is 466. The van der Waals surface area contributed by atoms with Gasteiger partial charge in [-0.05, 0) is 13.0 Å². The molecule has 0 saturated heterocycles. The number of nitrogens with one attached hydrogen (secondary N) is 1. The predicted octanol–water partition coefficient (Wildman–Crippen LogP) is -0.0800. The van der Waals surface area contributed by atoms with Crippen LogP contribution < -0.4 is 5.56 Å². The van der Waals surface area contributed by atoms with Crippen LogP contribution >= 0.6 is 0 Å². The molecule has 0 spiro atoms. The summed E-state index contributed by atoms with van der Waals surface area (Å²) >= 11 is 0. The summed E-state index contributed by atoms with van der Waals surface area (Å²) in [6.07, 6.45) is 1.34. The van der Waals surface area contributed by atoms with Gasteiger partial charge in [-0.25, -0.2) is 4.79 Å². The molecule has 0 aromatic carbocycles. The van der Waals surface area contributed by atoms with Gasteiger partial charge in [-0.2, -0.15) is 0 Å². The molecule has 0 saturated carbocycles. The minimum atomic E-state index is -1.10. The number of carboxylic acid groups (broad SMARTS) is 1. The number of hydrogen-bond acceptors (Lipinski definition) is 3. The van der Waals surface area contributed by atoms with Crippen LogP contribution in [0.25, 0.3) is 0 Å². The zero-order chi connectivity index (χ0) is 12.3. The highest BCUT2D eigenvalue weighted by atomic mass is 16.4. The Morgan fingerprint density at radius 1 is 1.50 bits per heavy atom. The SMILES string of the molecule is CC(C(=O)O)N(C)C(=O)c1cc[nH]c(=O)c1. The largest absolute Gasteiger partial charge is 0.480 e. The zero-order valence-corrected chi connectivity index (χ0v) is 8.93. The highest BCUT2D eigenvalue weighted by Gasteiger charge is 2.22. The molecule has 1 rings (SSSR count). The monoisotopic (exact) mass is 224 g/mol. The Kier molecular flexibility index (Phi) is 3.44. The molecule has 86 valence electrons. The Hall–Kier alpha value is -2.11. The van der Waals surface area contributed by atoms with Crippen LogP contribution in [0.3, 0.4) is 0 Å². The molecule has 1 atom stereocenters. The molecule has 1 heterocycles. The number of aromatic amines is 1. The zero-order valence-electron chi connectivity index (χ0n) is 8.93. The molecule has 0 fully saturated rings. The number of nitrogens with zero attached hydrogens (tertiary/aromatic N) is 1. The molecule has 0 bridgehead atoms. The Balaban J connectivity index is 2.94.